The fraction of sp³-hybridized carbons (Fsp3) is 0.500. The minimum atomic E-state index is -0.246. The summed E-state index contributed by atoms with van der Waals surface area (Å²) >= 11 is 0. The predicted molar refractivity (Wildman–Crippen MR) is 103 cm³/mol. The van der Waals surface area contributed by atoms with Crippen molar-refractivity contribution in [3.8, 4) is 5.69 Å². The molecule has 0 spiro atoms. The largest absolute Gasteiger partial charge is 0.373 e. The zero-order valence-corrected chi connectivity index (χ0v) is 15.6. The number of fused-ring (bicyclic) bond motifs is 2. The van der Waals surface area contributed by atoms with Crippen molar-refractivity contribution in [1.82, 2.24) is 20.4 Å². The maximum Gasteiger partial charge on any atom is 0.191 e. The van der Waals surface area contributed by atoms with Gasteiger partial charge in [-0.1, -0.05) is 0 Å². The topological polar surface area (TPSA) is 63.5 Å². The molecule has 2 bridgehead atoms. The third-order valence-electron chi connectivity index (χ3n) is 5.15. The van der Waals surface area contributed by atoms with Crippen LogP contribution in [0.1, 0.15) is 31.9 Å². The molecule has 3 unspecified atom stereocenters. The van der Waals surface area contributed by atoms with Crippen molar-refractivity contribution in [3.63, 3.8) is 0 Å². The van der Waals surface area contributed by atoms with Crippen LogP contribution < -0.4 is 10.6 Å². The van der Waals surface area contributed by atoms with Crippen LogP contribution in [0.15, 0.2) is 41.5 Å². The van der Waals surface area contributed by atoms with Gasteiger partial charge >= 0.3 is 0 Å². The van der Waals surface area contributed by atoms with E-state index in [0.717, 1.165) is 43.1 Å². The summed E-state index contributed by atoms with van der Waals surface area (Å²) in [6.45, 7) is 3.54. The molecule has 3 heterocycles. The van der Waals surface area contributed by atoms with Gasteiger partial charge in [0.25, 0.3) is 0 Å². The number of halogens is 1. The van der Waals surface area contributed by atoms with Crippen LogP contribution in [0.5, 0.6) is 0 Å². The maximum absolute atomic E-state index is 13.0. The average Bonchev–Trinajstić information content (AvgIpc) is 3.39. The van der Waals surface area contributed by atoms with E-state index < -0.39 is 0 Å². The lowest BCUT2D eigenvalue weighted by Crippen LogP contribution is -2.47. The maximum atomic E-state index is 13.0. The molecule has 0 amide bonds. The van der Waals surface area contributed by atoms with Crippen molar-refractivity contribution in [3.05, 3.63) is 48.0 Å². The number of hydrogen-bond acceptors (Lipinski definition) is 3. The van der Waals surface area contributed by atoms with Gasteiger partial charge in [0, 0.05) is 25.7 Å². The Hall–Kier alpha value is -2.41. The number of aromatic nitrogens is 2. The molecule has 2 fully saturated rings. The van der Waals surface area contributed by atoms with E-state index in [4.69, 9.17) is 4.74 Å². The molecule has 2 saturated heterocycles. The lowest BCUT2D eigenvalue weighted by molar-refractivity contribution is 0.0992. The second-order valence-corrected chi connectivity index (χ2v) is 7.10. The van der Waals surface area contributed by atoms with E-state index in [1.54, 1.807) is 16.8 Å². The van der Waals surface area contributed by atoms with Gasteiger partial charge in [-0.25, -0.2) is 9.07 Å². The van der Waals surface area contributed by atoms with Crippen LogP contribution in [-0.4, -0.2) is 47.1 Å². The molecule has 2 aliphatic heterocycles. The number of hydrogen-bond donors (Lipinski definition) is 2. The first-order valence-corrected chi connectivity index (χ1v) is 9.72. The van der Waals surface area contributed by atoms with Crippen molar-refractivity contribution in [2.24, 2.45) is 4.99 Å². The molecular formula is C20H26FN5O. The molecular weight excluding hydrogens is 345 g/mol. The minimum absolute atomic E-state index is 0.246. The number of ether oxygens (including phenoxy) is 1. The zero-order chi connectivity index (χ0) is 18.6. The van der Waals surface area contributed by atoms with Gasteiger partial charge < -0.3 is 15.4 Å². The summed E-state index contributed by atoms with van der Waals surface area (Å²) in [6.07, 6.45) is 6.78. The van der Waals surface area contributed by atoms with Crippen LogP contribution in [0.3, 0.4) is 0 Å². The van der Waals surface area contributed by atoms with E-state index in [9.17, 15) is 4.39 Å². The lowest BCUT2D eigenvalue weighted by Gasteiger charge is -2.22. The molecule has 2 aromatic rings. The quantitative estimate of drug-likeness (QED) is 0.605. The summed E-state index contributed by atoms with van der Waals surface area (Å²) < 4.78 is 20.7. The molecule has 2 aliphatic rings. The normalized spacial score (nSPS) is 24.4. The average molecular weight is 371 g/mol. The van der Waals surface area contributed by atoms with Gasteiger partial charge in [-0.05, 0) is 56.5 Å². The highest BCUT2D eigenvalue weighted by atomic mass is 19.1. The fourth-order valence-electron chi connectivity index (χ4n) is 3.80. The first-order valence-electron chi connectivity index (χ1n) is 9.72. The lowest BCUT2D eigenvalue weighted by atomic mass is 9.96. The van der Waals surface area contributed by atoms with Gasteiger partial charge in [-0.3, -0.25) is 4.99 Å². The number of rotatable bonds is 6. The van der Waals surface area contributed by atoms with Gasteiger partial charge in [0.05, 0.1) is 29.6 Å². The van der Waals surface area contributed by atoms with Crippen LogP contribution in [0.4, 0.5) is 4.39 Å². The molecule has 4 rings (SSSR count). The van der Waals surface area contributed by atoms with E-state index in [0.29, 0.717) is 24.8 Å². The highest BCUT2D eigenvalue weighted by Gasteiger charge is 2.41. The van der Waals surface area contributed by atoms with E-state index in [2.05, 4.69) is 27.6 Å². The van der Waals surface area contributed by atoms with Gasteiger partial charge in [0.2, 0.25) is 0 Å². The van der Waals surface area contributed by atoms with Crippen LogP contribution in [0, 0.1) is 5.82 Å². The standard InChI is InChI=1S/C20H26FN5O/c1-2-22-20(24-18-13-17-7-8-19(18)27-17)23-11-9-15-10-12-26(25-15)16-5-3-14(21)4-6-16/h3-6,10,12,17-19H,2,7-9,11,13H2,1H3,(H2,22,23,24). The minimum Gasteiger partial charge on any atom is -0.373 e. The monoisotopic (exact) mass is 371 g/mol. The molecule has 0 saturated carbocycles. The second kappa shape index (κ2) is 8.08. The number of benzene rings is 1. The van der Waals surface area contributed by atoms with Gasteiger partial charge in [0.1, 0.15) is 5.82 Å². The van der Waals surface area contributed by atoms with Gasteiger partial charge in [0.15, 0.2) is 5.96 Å². The van der Waals surface area contributed by atoms with Crippen molar-refractivity contribution in [2.75, 3.05) is 13.1 Å². The third-order valence-corrected chi connectivity index (χ3v) is 5.15. The summed E-state index contributed by atoms with van der Waals surface area (Å²) in [5, 5.41) is 11.4. The molecule has 27 heavy (non-hydrogen) atoms. The molecule has 6 nitrogen and oxygen atoms in total. The van der Waals surface area contributed by atoms with E-state index in [1.165, 1.54) is 18.6 Å². The second-order valence-electron chi connectivity index (χ2n) is 7.10. The first kappa shape index (κ1) is 18.0. The van der Waals surface area contributed by atoms with Crippen molar-refractivity contribution < 1.29 is 9.13 Å². The summed E-state index contributed by atoms with van der Waals surface area (Å²) in [5.41, 5.74) is 1.81. The van der Waals surface area contributed by atoms with Crippen molar-refractivity contribution in [1.29, 1.82) is 0 Å². The summed E-state index contributed by atoms with van der Waals surface area (Å²) in [7, 11) is 0. The first-order chi connectivity index (χ1) is 13.2. The highest BCUT2D eigenvalue weighted by molar-refractivity contribution is 5.80. The molecule has 0 aliphatic carbocycles. The van der Waals surface area contributed by atoms with Crippen LogP contribution in [0.2, 0.25) is 0 Å². The third kappa shape index (κ3) is 4.30. The number of guanidine groups is 1. The molecule has 2 N–H and O–H groups in total. The Morgan fingerprint density at radius 1 is 1.30 bits per heavy atom. The zero-order valence-electron chi connectivity index (χ0n) is 15.6. The number of nitrogens with zero attached hydrogens (tertiary/aromatic N) is 3. The SMILES string of the molecule is CCNC(=NCCc1ccn(-c2ccc(F)cc2)n1)NC1CC2CCC1O2. The highest BCUT2D eigenvalue weighted by Crippen LogP contribution is 2.34. The smallest absolute Gasteiger partial charge is 0.191 e. The van der Waals surface area contributed by atoms with Crippen molar-refractivity contribution in [2.45, 2.75) is 50.9 Å². The van der Waals surface area contributed by atoms with Crippen LogP contribution in [-0.2, 0) is 11.2 Å². The molecule has 0 radical (unpaired) electrons. The summed E-state index contributed by atoms with van der Waals surface area (Å²) in [4.78, 5) is 4.69. The Bertz CT molecular complexity index is 788. The molecule has 1 aromatic carbocycles. The van der Waals surface area contributed by atoms with Crippen LogP contribution in [0.25, 0.3) is 5.69 Å². The molecule has 3 atom stereocenters. The fourth-order valence-corrected chi connectivity index (χ4v) is 3.80. The van der Waals surface area contributed by atoms with Gasteiger partial charge in [-0.15, -0.1) is 0 Å². The molecule has 7 heteroatoms. The number of aliphatic imine (C=N–C) groups is 1. The Morgan fingerprint density at radius 2 is 2.15 bits per heavy atom. The molecule has 144 valence electrons. The summed E-state index contributed by atoms with van der Waals surface area (Å²) in [6, 6.07) is 8.65. The molecule has 1 aromatic heterocycles. The Labute approximate surface area is 158 Å². The van der Waals surface area contributed by atoms with E-state index >= 15 is 0 Å². The summed E-state index contributed by atoms with van der Waals surface area (Å²) in [5.74, 6) is 0.599. The van der Waals surface area contributed by atoms with Crippen LogP contribution >= 0.6 is 0 Å². The number of nitrogens with one attached hydrogen (secondary N) is 2. The van der Waals surface area contributed by atoms with Gasteiger partial charge in [-0.2, -0.15) is 5.10 Å². The van der Waals surface area contributed by atoms with E-state index in [1.807, 2.05) is 12.3 Å². The Balaban J connectivity index is 1.33. The Morgan fingerprint density at radius 3 is 2.85 bits per heavy atom. The predicted octanol–water partition coefficient (Wildman–Crippen LogP) is 2.43. The van der Waals surface area contributed by atoms with Crippen molar-refractivity contribution >= 4 is 5.96 Å². The Kier molecular flexibility index (Phi) is 5.38. The van der Waals surface area contributed by atoms with E-state index in [-0.39, 0.29) is 5.82 Å².